The lowest BCUT2D eigenvalue weighted by atomic mass is 10.3. The van der Waals surface area contributed by atoms with Crippen LogP contribution in [0.1, 0.15) is 5.56 Å². The van der Waals surface area contributed by atoms with E-state index in [0.717, 1.165) is 5.56 Å². The molecule has 0 saturated heterocycles. The number of nitrogen functional groups attached to an aromatic ring is 1. The topological polar surface area (TPSA) is 60.2 Å². The quantitative estimate of drug-likeness (QED) is 0.883. The molecule has 0 atom stereocenters. The van der Waals surface area contributed by atoms with Crippen molar-refractivity contribution in [1.82, 2.24) is 0 Å². The lowest BCUT2D eigenvalue weighted by molar-refractivity contribution is 0.595. The third-order valence-electron chi connectivity index (χ3n) is 2.55. The minimum atomic E-state index is -3.36. The van der Waals surface area contributed by atoms with E-state index in [9.17, 15) is 8.42 Å². The van der Waals surface area contributed by atoms with Gasteiger partial charge in [0.25, 0.3) is 0 Å². The first-order valence-electron chi connectivity index (χ1n) is 5.28. The summed E-state index contributed by atoms with van der Waals surface area (Å²) in [7, 11) is -3.36. The van der Waals surface area contributed by atoms with Crippen molar-refractivity contribution < 1.29 is 8.42 Å². The SMILES string of the molecule is Nc1cc(Cl)ccc1S(=O)(=O)CCc1ccsc1. The lowest BCUT2D eigenvalue weighted by Crippen LogP contribution is -2.11. The predicted molar refractivity (Wildman–Crippen MR) is 75.9 cm³/mol. The highest BCUT2D eigenvalue weighted by Gasteiger charge is 2.17. The molecule has 96 valence electrons. The van der Waals surface area contributed by atoms with Crippen molar-refractivity contribution in [3.05, 3.63) is 45.6 Å². The maximum Gasteiger partial charge on any atom is 0.180 e. The molecule has 0 spiro atoms. The van der Waals surface area contributed by atoms with Crippen molar-refractivity contribution in [2.24, 2.45) is 0 Å². The fraction of sp³-hybridized carbons (Fsp3) is 0.167. The molecule has 2 aromatic rings. The summed E-state index contributed by atoms with van der Waals surface area (Å²) < 4.78 is 24.3. The third-order valence-corrected chi connectivity index (χ3v) is 5.30. The van der Waals surface area contributed by atoms with Crippen LogP contribution in [0.2, 0.25) is 5.02 Å². The summed E-state index contributed by atoms with van der Waals surface area (Å²) in [4.78, 5) is 0.155. The molecule has 3 nitrogen and oxygen atoms in total. The molecule has 0 aliphatic heterocycles. The number of hydrogen-bond donors (Lipinski definition) is 1. The van der Waals surface area contributed by atoms with Gasteiger partial charge in [-0.15, -0.1) is 0 Å². The summed E-state index contributed by atoms with van der Waals surface area (Å²) in [6.45, 7) is 0. The highest BCUT2D eigenvalue weighted by atomic mass is 35.5. The number of halogens is 1. The second-order valence-corrected chi connectivity index (χ2v) is 7.18. The smallest absolute Gasteiger partial charge is 0.180 e. The number of nitrogens with two attached hydrogens (primary N) is 1. The molecule has 1 aromatic carbocycles. The monoisotopic (exact) mass is 301 g/mol. The van der Waals surface area contributed by atoms with Crippen LogP contribution in [0.4, 0.5) is 5.69 Å². The van der Waals surface area contributed by atoms with Crippen molar-refractivity contribution in [1.29, 1.82) is 0 Å². The van der Waals surface area contributed by atoms with Crippen molar-refractivity contribution in [2.75, 3.05) is 11.5 Å². The Morgan fingerprint density at radius 3 is 2.67 bits per heavy atom. The van der Waals surface area contributed by atoms with Crippen LogP contribution in [0.3, 0.4) is 0 Å². The maximum absolute atomic E-state index is 12.1. The van der Waals surface area contributed by atoms with Gasteiger partial charge in [0.05, 0.1) is 16.3 Å². The number of sulfone groups is 1. The van der Waals surface area contributed by atoms with E-state index in [1.54, 1.807) is 11.3 Å². The molecular formula is C12H12ClNO2S2. The predicted octanol–water partition coefficient (Wildman–Crippen LogP) is 3.00. The Morgan fingerprint density at radius 1 is 1.28 bits per heavy atom. The summed E-state index contributed by atoms with van der Waals surface area (Å²) in [6.07, 6.45) is 0.494. The molecule has 1 aromatic heterocycles. The summed E-state index contributed by atoms with van der Waals surface area (Å²) in [6, 6.07) is 6.38. The minimum absolute atomic E-state index is 0.0512. The summed E-state index contributed by atoms with van der Waals surface area (Å²) in [5.41, 5.74) is 6.92. The van der Waals surface area contributed by atoms with E-state index in [1.807, 2.05) is 16.8 Å². The summed E-state index contributed by atoms with van der Waals surface area (Å²) in [5, 5.41) is 4.31. The highest BCUT2D eigenvalue weighted by Crippen LogP contribution is 2.24. The van der Waals surface area contributed by atoms with Crippen molar-refractivity contribution in [3.63, 3.8) is 0 Å². The zero-order valence-electron chi connectivity index (χ0n) is 9.47. The van der Waals surface area contributed by atoms with Crippen LogP contribution in [-0.4, -0.2) is 14.2 Å². The number of benzene rings is 1. The maximum atomic E-state index is 12.1. The van der Waals surface area contributed by atoms with Crippen LogP contribution in [0.15, 0.2) is 39.9 Å². The number of thiophene rings is 1. The van der Waals surface area contributed by atoms with Gasteiger partial charge >= 0.3 is 0 Å². The van der Waals surface area contributed by atoms with Gasteiger partial charge in [-0.3, -0.25) is 0 Å². The fourth-order valence-electron chi connectivity index (χ4n) is 1.60. The number of hydrogen-bond acceptors (Lipinski definition) is 4. The first kappa shape index (κ1) is 13.4. The average Bonchev–Trinajstić information content (AvgIpc) is 2.78. The Balaban J connectivity index is 2.20. The highest BCUT2D eigenvalue weighted by molar-refractivity contribution is 7.91. The molecule has 0 saturated carbocycles. The van der Waals surface area contributed by atoms with Crippen LogP contribution in [0.5, 0.6) is 0 Å². The first-order chi connectivity index (χ1) is 8.49. The second kappa shape index (κ2) is 5.30. The van der Waals surface area contributed by atoms with Crippen LogP contribution < -0.4 is 5.73 Å². The summed E-state index contributed by atoms with van der Waals surface area (Å²) in [5.74, 6) is 0.0512. The van der Waals surface area contributed by atoms with E-state index < -0.39 is 9.84 Å². The average molecular weight is 302 g/mol. The second-order valence-electron chi connectivity index (χ2n) is 3.88. The van der Waals surface area contributed by atoms with Crippen molar-refractivity contribution >= 4 is 38.5 Å². The van der Waals surface area contributed by atoms with E-state index in [-0.39, 0.29) is 16.3 Å². The Bertz CT molecular complexity index is 636. The molecule has 0 aliphatic carbocycles. The van der Waals surface area contributed by atoms with E-state index in [4.69, 9.17) is 17.3 Å². The van der Waals surface area contributed by atoms with Crippen LogP contribution in [0.25, 0.3) is 0 Å². The van der Waals surface area contributed by atoms with Crippen LogP contribution >= 0.6 is 22.9 Å². The van der Waals surface area contributed by atoms with Crippen LogP contribution in [0, 0.1) is 0 Å². The standard InChI is InChI=1S/C12H12ClNO2S2/c13-10-1-2-12(11(14)7-10)18(15,16)6-4-9-3-5-17-8-9/h1-3,5,7-8H,4,6,14H2. The normalized spacial score (nSPS) is 11.6. The number of aryl methyl sites for hydroxylation is 1. The molecule has 2 N–H and O–H groups in total. The van der Waals surface area contributed by atoms with Gasteiger partial charge in [-0.25, -0.2) is 8.42 Å². The Hall–Kier alpha value is -1.04. The van der Waals surface area contributed by atoms with Gasteiger partial charge in [0.1, 0.15) is 0 Å². The molecule has 0 unspecified atom stereocenters. The van der Waals surface area contributed by atoms with Gasteiger partial charge in [-0.2, -0.15) is 11.3 Å². The van der Waals surface area contributed by atoms with Gasteiger partial charge in [-0.05, 0) is 47.0 Å². The van der Waals surface area contributed by atoms with E-state index in [2.05, 4.69) is 0 Å². The van der Waals surface area contributed by atoms with Gasteiger partial charge in [0.15, 0.2) is 9.84 Å². The van der Waals surface area contributed by atoms with E-state index in [0.29, 0.717) is 11.4 Å². The summed E-state index contributed by atoms with van der Waals surface area (Å²) >= 11 is 7.31. The van der Waals surface area contributed by atoms with Crippen molar-refractivity contribution in [2.45, 2.75) is 11.3 Å². The number of rotatable bonds is 4. The Kier molecular flexibility index (Phi) is 3.94. The first-order valence-corrected chi connectivity index (χ1v) is 8.25. The van der Waals surface area contributed by atoms with Gasteiger partial charge in [0.2, 0.25) is 0 Å². The van der Waals surface area contributed by atoms with E-state index in [1.165, 1.54) is 18.2 Å². The Morgan fingerprint density at radius 2 is 2.06 bits per heavy atom. The minimum Gasteiger partial charge on any atom is -0.398 e. The molecule has 0 amide bonds. The molecule has 6 heteroatoms. The molecule has 0 bridgehead atoms. The molecule has 2 rings (SSSR count). The van der Waals surface area contributed by atoms with Gasteiger partial charge in [0, 0.05) is 5.02 Å². The fourth-order valence-corrected chi connectivity index (χ4v) is 3.90. The van der Waals surface area contributed by atoms with Crippen molar-refractivity contribution in [3.8, 4) is 0 Å². The Labute approximate surface area is 115 Å². The number of anilines is 1. The molecule has 18 heavy (non-hydrogen) atoms. The molecule has 0 aliphatic rings. The molecular weight excluding hydrogens is 290 g/mol. The van der Waals surface area contributed by atoms with Gasteiger partial charge in [-0.1, -0.05) is 11.6 Å². The molecule has 0 radical (unpaired) electrons. The third kappa shape index (κ3) is 3.04. The molecule has 1 heterocycles. The zero-order chi connectivity index (χ0) is 13.2. The van der Waals surface area contributed by atoms with Gasteiger partial charge < -0.3 is 5.73 Å². The zero-order valence-corrected chi connectivity index (χ0v) is 11.9. The molecule has 0 fully saturated rings. The van der Waals surface area contributed by atoms with Crippen LogP contribution in [-0.2, 0) is 16.3 Å². The largest absolute Gasteiger partial charge is 0.398 e. The lowest BCUT2D eigenvalue weighted by Gasteiger charge is -2.07. The van der Waals surface area contributed by atoms with E-state index >= 15 is 0 Å².